The highest BCUT2D eigenvalue weighted by Crippen LogP contribution is 2.44. The first-order valence-electron chi connectivity index (χ1n) is 7.09. The molecular formula is C15H19BrN2O3. The van der Waals surface area contributed by atoms with Gasteiger partial charge in [-0.25, -0.2) is 4.98 Å². The number of anilines is 1. The van der Waals surface area contributed by atoms with Crippen LogP contribution < -0.4 is 4.90 Å². The van der Waals surface area contributed by atoms with E-state index in [-0.39, 0.29) is 29.1 Å². The number of aliphatic hydroxyl groups is 1. The molecule has 2 aliphatic heterocycles. The maximum Gasteiger partial charge on any atom is 0.234 e. The van der Waals surface area contributed by atoms with E-state index in [1.165, 1.54) is 0 Å². The Balaban J connectivity index is 2.07. The molecule has 21 heavy (non-hydrogen) atoms. The number of amides is 1. The van der Waals surface area contributed by atoms with E-state index >= 15 is 0 Å². The Morgan fingerprint density at radius 3 is 3.00 bits per heavy atom. The van der Waals surface area contributed by atoms with Gasteiger partial charge in [0.2, 0.25) is 5.91 Å². The number of halogens is 1. The van der Waals surface area contributed by atoms with Crippen LogP contribution >= 0.6 is 15.9 Å². The molecule has 114 valence electrons. The SMILES string of the molecule is CC(C)(O)CN1C(=O)C2COCC(Br)C2c2cccnc21. The fourth-order valence-corrected chi connectivity index (χ4v) is 3.98. The van der Waals surface area contributed by atoms with Crippen molar-refractivity contribution in [3.63, 3.8) is 0 Å². The van der Waals surface area contributed by atoms with Gasteiger partial charge < -0.3 is 9.84 Å². The lowest BCUT2D eigenvalue weighted by Crippen LogP contribution is -2.53. The molecule has 0 radical (unpaired) electrons. The number of hydrogen-bond donors (Lipinski definition) is 1. The van der Waals surface area contributed by atoms with Crippen molar-refractivity contribution in [3.8, 4) is 0 Å². The second kappa shape index (κ2) is 5.34. The summed E-state index contributed by atoms with van der Waals surface area (Å²) in [6, 6.07) is 3.91. The number of nitrogens with zero attached hydrogens (tertiary/aromatic N) is 2. The lowest BCUT2D eigenvalue weighted by molar-refractivity contribution is -0.128. The molecular weight excluding hydrogens is 336 g/mol. The lowest BCUT2D eigenvalue weighted by atomic mass is 9.79. The summed E-state index contributed by atoms with van der Waals surface area (Å²) in [5, 5.41) is 10.1. The van der Waals surface area contributed by atoms with Crippen LogP contribution in [0.2, 0.25) is 0 Å². The average molecular weight is 355 g/mol. The Morgan fingerprint density at radius 1 is 1.52 bits per heavy atom. The van der Waals surface area contributed by atoms with E-state index in [2.05, 4.69) is 20.9 Å². The number of rotatable bonds is 2. The molecule has 1 N–H and O–H groups in total. The number of β-amino-alcohol motifs (C(OH)–C–C–N with tert-alkyl or cyclic N) is 1. The quantitative estimate of drug-likeness (QED) is 0.821. The summed E-state index contributed by atoms with van der Waals surface area (Å²) in [6.45, 7) is 4.63. The number of aromatic nitrogens is 1. The summed E-state index contributed by atoms with van der Waals surface area (Å²) >= 11 is 3.64. The third-order valence-corrected chi connectivity index (χ3v) is 4.79. The minimum absolute atomic E-state index is 0.0162. The van der Waals surface area contributed by atoms with Crippen molar-refractivity contribution in [2.24, 2.45) is 5.92 Å². The minimum Gasteiger partial charge on any atom is -0.389 e. The number of carbonyl (C=O) groups is 1. The van der Waals surface area contributed by atoms with Crippen molar-refractivity contribution >= 4 is 27.7 Å². The number of hydrogen-bond acceptors (Lipinski definition) is 4. The summed E-state index contributed by atoms with van der Waals surface area (Å²) in [6.07, 6.45) is 1.69. The first-order chi connectivity index (χ1) is 9.88. The predicted octanol–water partition coefficient (Wildman–Crippen LogP) is 1.69. The summed E-state index contributed by atoms with van der Waals surface area (Å²) in [7, 11) is 0. The van der Waals surface area contributed by atoms with E-state index in [1.54, 1.807) is 24.9 Å². The zero-order valence-electron chi connectivity index (χ0n) is 12.1. The highest BCUT2D eigenvalue weighted by molar-refractivity contribution is 9.09. The number of carbonyl (C=O) groups excluding carboxylic acids is 1. The Kier molecular flexibility index (Phi) is 3.80. The van der Waals surface area contributed by atoms with Crippen molar-refractivity contribution in [3.05, 3.63) is 23.9 Å². The van der Waals surface area contributed by atoms with Gasteiger partial charge in [0, 0.05) is 22.5 Å². The zero-order chi connectivity index (χ0) is 15.2. The van der Waals surface area contributed by atoms with Crippen LogP contribution in [0.3, 0.4) is 0 Å². The van der Waals surface area contributed by atoms with Crippen molar-refractivity contribution in [1.82, 2.24) is 4.98 Å². The van der Waals surface area contributed by atoms with E-state index in [0.29, 0.717) is 19.0 Å². The van der Waals surface area contributed by atoms with Gasteiger partial charge in [0.15, 0.2) is 0 Å². The molecule has 1 aromatic heterocycles. The van der Waals surface area contributed by atoms with Crippen LogP contribution in [0, 0.1) is 5.92 Å². The van der Waals surface area contributed by atoms with Gasteiger partial charge in [-0.3, -0.25) is 9.69 Å². The molecule has 5 nitrogen and oxygen atoms in total. The van der Waals surface area contributed by atoms with Crippen molar-refractivity contribution < 1.29 is 14.6 Å². The Hall–Kier alpha value is -0.980. The fourth-order valence-electron chi connectivity index (χ4n) is 3.14. The van der Waals surface area contributed by atoms with Gasteiger partial charge >= 0.3 is 0 Å². The molecule has 3 atom stereocenters. The van der Waals surface area contributed by atoms with Crippen LogP contribution in [-0.2, 0) is 9.53 Å². The minimum atomic E-state index is -0.972. The van der Waals surface area contributed by atoms with Crippen molar-refractivity contribution in [2.75, 3.05) is 24.7 Å². The van der Waals surface area contributed by atoms with Gasteiger partial charge in [-0.05, 0) is 19.9 Å². The number of fused-ring (bicyclic) bond motifs is 3. The molecule has 0 bridgehead atoms. The molecule has 3 heterocycles. The van der Waals surface area contributed by atoms with Crippen molar-refractivity contribution in [2.45, 2.75) is 30.2 Å². The molecule has 6 heteroatoms. The fraction of sp³-hybridized carbons (Fsp3) is 0.600. The Labute approximate surface area is 132 Å². The van der Waals surface area contributed by atoms with Crippen LogP contribution in [0.15, 0.2) is 18.3 Å². The van der Waals surface area contributed by atoms with Crippen LogP contribution in [0.5, 0.6) is 0 Å². The largest absolute Gasteiger partial charge is 0.389 e. The third kappa shape index (κ3) is 2.72. The highest BCUT2D eigenvalue weighted by atomic mass is 79.9. The second-order valence-corrected chi connectivity index (χ2v) is 7.51. The van der Waals surface area contributed by atoms with E-state index in [9.17, 15) is 9.90 Å². The molecule has 1 amide bonds. The van der Waals surface area contributed by atoms with Gasteiger partial charge in [-0.1, -0.05) is 22.0 Å². The van der Waals surface area contributed by atoms with Gasteiger partial charge in [-0.2, -0.15) is 0 Å². The zero-order valence-corrected chi connectivity index (χ0v) is 13.7. The summed E-state index contributed by atoms with van der Waals surface area (Å²) < 4.78 is 5.54. The van der Waals surface area contributed by atoms with Gasteiger partial charge in [0.1, 0.15) is 5.82 Å². The predicted molar refractivity (Wildman–Crippen MR) is 82.7 cm³/mol. The van der Waals surface area contributed by atoms with Crippen LogP contribution in [-0.4, -0.2) is 46.2 Å². The molecule has 1 saturated heterocycles. The molecule has 3 rings (SSSR count). The molecule has 0 aliphatic carbocycles. The van der Waals surface area contributed by atoms with E-state index in [1.807, 2.05) is 12.1 Å². The molecule has 3 unspecified atom stereocenters. The molecule has 0 aromatic carbocycles. The molecule has 1 aromatic rings. The molecule has 0 spiro atoms. The number of alkyl halides is 1. The molecule has 2 aliphatic rings. The first kappa shape index (κ1) is 14.9. The summed E-state index contributed by atoms with van der Waals surface area (Å²) in [5.74, 6) is 0.505. The highest BCUT2D eigenvalue weighted by Gasteiger charge is 2.47. The van der Waals surface area contributed by atoms with Crippen LogP contribution in [0.25, 0.3) is 0 Å². The second-order valence-electron chi connectivity index (χ2n) is 6.34. The summed E-state index contributed by atoms with van der Waals surface area (Å²) in [5.41, 5.74) is 0.0807. The first-order valence-corrected chi connectivity index (χ1v) is 8.00. The lowest BCUT2D eigenvalue weighted by Gasteiger charge is -2.44. The number of pyridine rings is 1. The van der Waals surface area contributed by atoms with E-state index < -0.39 is 5.60 Å². The van der Waals surface area contributed by atoms with E-state index in [0.717, 1.165) is 5.56 Å². The Morgan fingerprint density at radius 2 is 2.29 bits per heavy atom. The normalized spacial score (nSPS) is 29.0. The van der Waals surface area contributed by atoms with Crippen LogP contribution in [0.4, 0.5) is 5.82 Å². The van der Waals surface area contributed by atoms with Crippen LogP contribution in [0.1, 0.15) is 25.3 Å². The molecule has 0 saturated carbocycles. The average Bonchev–Trinajstić information content (AvgIpc) is 2.42. The standard InChI is InChI=1S/C15H19BrN2O3/c1-15(2,20)8-18-13-9(4-3-5-17-13)12-10(14(18)19)6-21-7-11(12)16/h3-5,10-12,20H,6-8H2,1-2H3. The summed E-state index contributed by atoms with van der Waals surface area (Å²) in [4.78, 5) is 18.9. The maximum atomic E-state index is 12.8. The number of ether oxygens (including phenoxy) is 1. The van der Waals surface area contributed by atoms with Gasteiger partial charge in [-0.15, -0.1) is 0 Å². The van der Waals surface area contributed by atoms with Gasteiger partial charge in [0.05, 0.1) is 31.3 Å². The smallest absolute Gasteiger partial charge is 0.234 e. The monoisotopic (exact) mass is 354 g/mol. The van der Waals surface area contributed by atoms with Gasteiger partial charge in [0.25, 0.3) is 0 Å². The maximum absolute atomic E-state index is 12.8. The Bertz CT molecular complexity index is 558. The molecule has 1 fully saturated rings. The topological polar surface area (TPSA) is 62.7 Å². The van der Waals surface area contributed by atoms with E-state index in [4.69, 9.17) is 4.74 Å². The van der Waals surface area contributed by atoms with Crippen molar-refractivity contribution in [1.29, 1.82) is 0 Å². The third-order valence-electron chi connectivity index (χ3n) is 3.96.